The second-order valence-corrected chi connectivity index (χ2v) is 3.04. The van der Waals surface area contributed by atoms with E-state index in [-0.39, 0.29) is 6.04 Å². The Bertz CT molecular complexity index is 329. The van der Waals surface area contributed by atoms with Crippen molar-refractivity contribution in [2.45, 2.75) is 19.0 Å². The fraction of sp³-hybridized carbons (Fsp3) is 0.273. The highest BCUT2D eigenvalue weighted by Crippen LogP contribution is 2.10. The third-order valence-corrected chi connectivity index (χ3v) is 1.92. The fourth-order valence-electron chi connectivity index (χ4n) is 1.18. The summed E-state index contributed by atoms with van der Waals surface area (Å²) in [7, 11) is 0. The number of nitriles is 1. The quantitative estimate of drug-likeness (QED) is 0.727. The number of carbonyl (C=O) groups is 1. The Morgan fingerprint density at radius 3 is 2.57 bits per heavy atom. The monoisotopic (exact) mass is 188 g/mol. The SMILES string of the molecule is C[C@@H](C#N)N[C@@H](C=O)c1ccccc1. The van der Waals surface area contributed by atoms with Crippen molar-refractivity contribution in [1.82, 2.24) is 5.32 Å². The van der Waals surface area contributed by atoms with E-state index in [1.165, 1.54) is 0 Å². The molecule has 14 heavy (non-hydrogen) atoms. The molecule has 3 nitrogen and oxygen atoms in total. The van der Waals surface area contributed by atoms with Crippen molar-refractivity contribution in [3.05, 3.63) is 35.9 Å². The van der Waals surface area contributed by atoms with E-state index >= 15 is 0 Å². The highest BCUT2D eigenvalue weighted by molar-refractivity contribution is 5.61. The van der Waals surface area contributed by atoms with E-state index in [2.05, 4.69) is 5.32 Å². The topological polar surface area (TPSA) is 52.9 Å². The minimum absolute atomic E-state index is 0.328. The van der Waals surface area contributed by atoms with E-state index in [1.807, 2.05) is 36.4 Å². The van der Waals surface area contributed by atoms with Crippen LogP contribution in [0.15, 0.2) is 30.3 Å². The maximum atomic E-state index is 10.8. The first-order valence-corrected chi connectivity index (χ1v) is 4.44. The molecule has 0 radical (unpaired) electrons. The maximum Gasteiger partial charge on any atom is 0.141 e. The van der Waals surface area contributed by atoms with Crippen molar-refractivity contribution >= 4 is 6.29 Å². The molecule has 0 aliphatic heterocycles. The summed E-state index contributed by atoms with van der Waals surface area (Å²) in [5.41, 5.74) is 0.879. The van der Waals surface area contributed by atoms with Gasteiger partial charge in [0, 0.05) is 0 Å². The zero-order chi connectivity index (χ0) is 10.4. The molecule has 0 amide bonds. The molecule has 0 aliphatic carbocycles. The Labute approximate surface area is 83.4 Å². The number of hydrogen-bond donors (Lipinski definition) is 1. The number of carbonyl (C=O) groups excluding carboxylic acids is 1. The van der Waals surface area contributed by atoms with Gasteiger partial charge in [-0.25, -0.2) is 0 Å². The Morgan fingerprint density at radius 1 is 1.43 bits per heavy atom. The normalized spacial score (nSPS) is 14.0. The van der Waals surface area contributed by atoms with Crippen LogP contribution in [0.25, 0.3) is 0 Å². The standard InChI is InChI=1S/C11H12N2O/c1-9(7-12)13-11(8-14)10-5-3-2-4-6-10/h2-6,8-9,11,13H,1H3/t9-,11-/m0/s1. The molecule has 0 fully saturated rings. The molecule has 0 spiro atoms. The number of aldehydes is 1. The van der Waals surface area contributed by atoms with Gasteiger partial charge in [0.1, 0.15) is 6.29 Å². The fourth-order valence-corrected chi connectivity index (χ4v) is 1.18. The predicted octanol–water partition coefficient (Wildman–Crippen LogP) is 1.43. The summed E-state index contributed by atoms with van der Waals surface area (Å²) in [4.78, 5) is 10.8. The molecule has 0 aromatic heterocycles. The zero-order valence-corrected chi connectivity index (χ0v) is 7.97. The second-order valence-electron chi connectivity index (χ2n) is 3.04. The number of nitrogens with zero attached hydrogens (tertiary/aromatic N) is 1. The molecule has 0 unspecified atom stereocenters. The lowest BCUT2D eigenvalue weighted by Gasteiger charge is -2.13. The van der Waals surface area contributed by atoms with Gasteiger partial charge in [-0.1, -0.05) is 30.3 Å². The molecular formula is C11H12N2O. The van der Waals surface area contributed by atoms with Gasteiger partial charge in [0.2, 0.25) is 0 Å². The number of benzene rings is 1. The largest absolute Gasteiger partial charge is 0.301 e. The molecule has 0 heterocycles. The van der Waals surface area contributed by atoms with Gasteiger partial charge in [-0.05, 0) is 12.5 Å². The van der Waals surface area contributed by atoms with Crippen molar-refractivity contribution in [3.63, 3.8) is 0 Å². The van der Waals surface area contributed by atoms with Gasteiger partial charge >= 0.3 is 0 Å². The van der Waals surface area contributed by atoms with Crippen molar-refractivity contribution in [3.8, 4) is 6.07 Å². The number of rotatable bonds is 4. The average Bonchev–Trinajstić information content (AvgIpc) is 2.26. The van der Waals surface area contributed by atoms with Gasteiger partial charge in [0.15, 0.2) is 0 Å². The van der Waals surface area contributed by atoms with Crippen LogP contribution in [0, 0.1) is 11.3 Å². The summed E-state index contributed by atoms with van der Waals surface area (Å²) in [6.07, 6.45) is 0.809. The summed E-state index contributed by atoms with van der Waals surface area (Å²) in [6.45, 7) is 1.72. The minimum atomic E-state index is -0.397. The van der Waals surface area contributed by atoms with Crippen LogP contribution < -0.4 is 5.32 Å². The summed E-state index contributed by atoms with van der Waals surface area (Å²) in [5, 5.41) is 11.5. The number of hydrogen-bond acceptors (Lipinski definition) is 3. The maximum absolute atomic E-state index is 10.8. The Balaban J connectivity index is 2.74. The molecule has 1 aromatic rings. The highest BCUT2D eigenvalue weighted by Gasteiger charge is 2.11. The Morgan fingerprint density at radius 2 is 2.07 bits per heavy atom. The molecule has 0 saturated carbocycles. The molecule has 2 atom stereocenters. The summed E-state index contributed by atoms with van der Waals surface area (Å²) < 4.78 is 0. The van der Waals surface area contributed by atoms with Crippen LogP contribution in [-0.2, 0) is 4.79 Å². The molecule has 1 aromatic carbocycles. The summed E-state index contributed by atoms with van der Waals surface area (Å²) >= 11 is 0. The third-order valence-electron chi connectivity index (χ3n) is 1.92. The van der Waals surface area contributed by atoms with Crippen LogP contribution >= 0.6 is 0 Å². The van der Waals surface area contributed by atoms with Crippen molar-refractivity contribution in [2.24, 2.45) is 0 Å². The molecule has 0 saturated heterocycles. The van der Waals surface area contributed by atoms with Gasteiger partial charge in [-0.3, -0.25) is 5.32 Å². The molecule has 3 heteroatoms. The highest BCUT2D eigenvalue weighted by atomic mass is 16.1. The Hall–Kier alpha value is -1.66. The minimum Gasteiger partial charge on any atom is -0.301 e. The van der Waals surface area contributed by atoms with Crippen molar-refractivity contribution in [2.75, 3.05) is 0 Å². The van der Waals surface area contributed by atoms with E-state index in [4.69, 9.17) is 5.26 Å². The Kier molecular flexibility index (Phi) is 3.84. The van der Waals surface area contributed by atoms with Crippen LogP contribution in [-0.4, -0.2) is 12.3 Å². The van der Waals surface area contributed by atoms with Gasteiger partial charge in [0.25, 0.3) is 0 Å². The van der Waals surface area contributed by atoms with Crippen LogP contribution in [0.1, 0.15) is 18.5 Å². The van der Waals surface area contributed by atoms with Gasteiger partial charge in [-0.15, -0.1) is 0 Å². The van der Waals surface area contributed by atoms with Crippen LogP contribution in [0.3, 0.4) is 0 Å². The first-order chi connectivity index (χ1) is 6.77. The molecule has 0 aliphatic rings. The zero-order valence-electron chi connectivity index (χ0n) is 7.97. The van der Waals surface area contributed by atoms with E-state index in [0.29, 0.717) is 0 Å². The predicted molar refractivity (Wildman–Crippen MR) is 53.5 cm³/mol. The average molecular weight is 188 g/mol. The molecule has 1 rings (SSSR count). The first kappa shape index (κ1) is 10.4. The second kappa shape index (κ2) is 5.15. The molecular weight excluding hydrogens is 176 g/mol. The van der Waals surface area contributed by atoms with Crippen LogP contribution in [0.5, 0.6) is 0 Å². The summed E-state index contributed by atoms with van der Waals surface area (Å²) in [5.74, 6) is 0. The van der Waals surface area contributed by atoms with Crippen LogP contribution in [0.2, 0.25) is 0 Å². The van der Waals surface area contributed by atoms with Crippen LogP contribution in [0.4, 0.5) is 0 Å². The first-order valence-electron chi connectivity index (χ1n) is 4.44. The lowest BCUT2D eigenvalue weighted by Crippen LogP contribution is -2.30. The number of nitrogens with one attached hydrogen (secondary N) is 1. The molecule has 72 valence electrons. The molecule has 0 bridgehead atoms. The van der Waals surface area contributed by atoms with Crippen molar-refractivity contribution < 1.29 is 4.79 Å². The smallest absolute Gasteiger partial charge is 0.141 e. The summed E-state index contributed by atoms with van der Waals surface area (Å²) in [6, 6.07) is 10.6. The third kappa shape index (κ3) is 2.68. The van der Waals surface area contributed by atoms with Gasteiger partial charge in [-0.2, -0.15) is 5.26 Å². The molecule has 1 N–H and O–H groups in total. The van der Waals surface area contributed by atoms with Crippen molar-refractivity contribution in [1.29, 1.82) is 5.26 Å². The van der Waals surface area contributed by atoms with E-state index < -0.39 is 6.04 Å². The van der Waals surface area contributed by atoms with E-state index in [1.54, 1.807) is 6.92 Å². The lowest BCUT2D eigenvalue weighted by molar-refractivity contribution is -0.109. The van der Waals surface area contributed by atoms with Gasteiger partial charge in [0.05, 0.1) is 18.2 Å². The van der Waals surface area contributed by atoms with E-state index in [9.17, 15) is 4.79 Å². The van der Waals surface area contributed by atoms with Gasteiger partial charge < -0.3 is 4.79 Å². The van der Waals surface area contributed by atoms with E-state index in [0.717, 1.165) is 11.8 Å². The lowest BCUT2D eigenvalue weighted by atomic mass is 10.1.